The molecule has 194 valence electrons. The molecule has 2 heterocycles. The Morgan fingerprint density at radius 3 is 2.18 bits per heavy atom. The number of hydrogen-bond donors (Lipinski definition) is 1. The number of aromatic nitrogens is 1. The molecular formula is C32H33N3O3. The summed E-state index contributed by atoms with van der Waals surface area (Å²) in [5.74, 6) is 0.435. The number of carbonyl (C=O) groups is 1. The summed E-state index contributed by atoms with van der Waals surface area (Å²) >= 11 is 0. The average molecular weight is 508 g/mol. The molecule has 1 aliphatic carbocycles. The smallest absolute Gasteiger partial charge is 0.234 e. The molecular weight excluding hydrogens is 474 g/mol. The van der Waals surface area contributed by atoms with E-state index in [1.807, 2.05) is 53.4 Å². The fraction of sp³-hybridized carbons (Fsp3) is 0.312. The van der Waals surface area contributed by atoms with Gasteiger partial charge in [0.25, 0.3) is 0 Å². The standard InChI is InChI=1S/C32H33N3O3/c36-26(22-38-30-16-15-25-9-3-6-12-29(25)33-30)21-34-17-19-35(20-18-34)32(37)31-27-10-4-1-7-23(27)13-14-24-8-2-5-11-28(24)31/h1-12,15-16,26,31,36H,13-14,17-22H2. The van der Waals surface area contributed by atoms with E-state index >= 15 is 0 Å². The van der Waals surface area contributed by atoms with Crippen molar-refractivity contribution in [2.24, 2.45) is 0 Å². The number of amides is 1. The maximum absolute atomic E-state index is 13.9. The van der Waals surface area contributed by atoms with Crippen LogP contribution >= 0.6 is 0 Å². The van der Waals surface area contributed by atoms with E-state index in [9.17, 15) is 9.90 Å². The highest BCUT2D eigenvalue weighted by atomic mass is 16.5. The fourth-order valence-corrected chi connectivity index (χ4v) is 5.78. The second-order valence-corrected chi connectivity index (χ2v) is 10.3. The van der Waals surface area contributed by atoms with Crippen LogP contribution in [0.4, 0.5) is 0 Å². The van der Waals surface area contributed by atoms with Crippen molar-refractivity contribution in [2.75, 3.05) is 39.3 Å². The summed E-state index contributed by atoms with van der Waals surface area (Å²) < 4.78 is 5.78. The van der Waals surface area contributed by atoms with E-state index < -0.39 is 6.10 Å². The lowest BCUT2D eigenvalue weighted by Gasteiger charge is -2.37. The number of pyridine rings is 1. The van der Waals surface area contributed by atoms with Gasteiger partial charge in [-0.25, -0.2) is 4.98 Å². The lowest BCUT2D eigenvalue weighted by molar-refractivity contribution is -0.133. The number of aliphatic hydroxyl groups is 1. The molecule has 1 aromatic heterocycles. The Hall–Kier alpha value is -3.74. The van der Waals surface area contributed by atoms with Crippen LogP contribution in [0.1, 0.15) is 28.2 Å². The highest BCUT2D eigenvalue weighted by Gasteiger charge is 2.33. The molecule has 0 radical (unpaired) electrons. The zero-order valence-electron chi connectivity index (χ0n) is 21.5. The second kappa shape index (κ2) is 10.9. The van der Waals surface area contributed by atoms with Crippen molar-refractivity contribution >= 4 is 16.8 Å². The normalized spacial score (nSPS) is 16.9. The third-order valence-electron chi connectivity index (χ3n) is 7.79. The fourth-order valence-electron chi connectivity index (χ4n) is 5.78. The molecule has 4 aromatic rings. The van der Waals surface area contributed by atoms with Crippen LogP contribution in [-0.2, 0) is 17.6 Å². The third kappa shape index (κ3) is 5.15. The van der Waals surface area contributed by atoms with Crippen LogP contribution in [0.5, 0.6) is 5.88 Å². The second-order valence-electron chi connectivity index (χ2n) is 10.3. The van der Waals surface area contributed by atoms with E-state index in [2.05, 4.69) is 46.3 Å². The molecule has 6 rings (SSSR count). The summed E-state index contributed by atoms with van der Waals surface area (Å²) in [6.07, 6.45) is 1.28. The molecule has 0 spiro atoms. The van der Waals surface area contributed by atoms with Gasteiger partial charge in [-0.1, -0.05) is 66.7 Å². The van der Waals surface area contributed by atoms with Crippen molar-refractivity contribution in [3.8, 4) is 5.88 Å². The number of rotatable bonds is 6. The van der Waals surface area contributed by atoms with Crippen LogP contribution < -0.4 is 4.74 Å². The number of carbonyl (C=O) groups excluding carboxylic acids is 1. The molecule has 38 heavy (non-hydrogen) atoms. The molecule has 1 saturated heterocycles. The van der Waals surface area contributed by atoms with Gasteiger partial charge in [0.2, 0.25) is 11.8 Å². The Balaban J connectivity index is 1.07. The molecule has 1 fully saturated rings. The number of hydrogen-bond acceptors (Lipinski definition) is 5. The topological polar surface area (TPSA) is 65.9 Å². The molecule has 6 heteroatoms. The van der Waals surface area contributed by atoms with Gasteiger partial charge in [-0.3, -0.25) is 9.69 Å². The Labute approximate surface area is 223 Å². The monoisotopic (exact) mass is 507 g/mol. The first-order valence-electron chi connectivity index (χ1n) is 13.5. The quantitative estimate of drug-likeness (QED) is 0.427. The Morgan fingerprint density at radius 1 is 0.842 bits per heavy atom. The third-order valence-corrected chi connectivity index (χ3v) is 7.79. The lowest BCUT2D eigenvalue weighted by Crippen LogP contribution is -2.52. The predicted octanol–water partition coefficient (Wildman–Crippen LogP) is 4.05. The number of nitrogens with zero attached hydrogens (tertiary/aromatic N) is 3. The molecule has 2 aliphatic rings. The van der Waals surface area contributed by atoms with Gasteiger partial charge < -0.3 is 14.7 Å². The molecule has 3 aromatic carbocycles. The number of piperazine rings is 1. The SMILES string of the molecule is O=C(C1c2ccccc2CCc2ccccc21)N1CCN(CC(O)COc2ccc3ccccc3n2)CC1. The summed E-state index contributed by atoms with van der Waals surface area (Å²) in [6.45, 7) is 3.45. The molecule has 6 nitrogen and oxygen atoms in total. The van der Waals surface area contributed by atoms with Crippen molar-refractivity contribution < 1.29 is 14.6 Å². The molecule has 0 saturated carbocycles. The van der Waals surface area contributed by atoms with E-state index in [0.29, 0.717) is 25.5 Å². The molecule has 1 unspecified atom stereocenters. The number of ether oxygens (including phenoxy) is 1. The maximum Gasteiger partial charge on any atom is 0.234 e. The highest BCUT2D eigenvalue weighted by molar-refractivity contribution is 5.88. The van der Waals surface area contributed by atoms with Crippen LogP contribution in [-0.4, -0.2) is 71.2 Å². The predicted molar refractivity (Wildman–Crippen MR) is 148 cm³/mol. The van der Waals surface area contributed by atoms with Gasteiger partial charge >= 0.3 is 0 Å². The minimum absolute atomic E-state index is 0.178. The van der Waals surface area contributed by atoms with Crippen LogP contribution in [0, 0.1) is 0 Å². The summed E-state index contributed by atoms with van der Waals surface area (Å²) in [6, 6.07) is 28.5. The minimum atomic E-state index is -0.633. The number of aliphatic hydroxyl groups excluding tert-OH is 1. The number of aryl methyl sites for hydroxylation is 2. The Bertz CT molecular complexity index is 1380. The largest absolute Gasteiger partial charge is 0.475 e. The van der Waals surface area contributed by atoms with Crippen molar-refractivity contribution in [1.82, 2.24) is 14.8 Å². The van der Waals surface area contributed by atoms with Gasteiger partial charge in [0, 0.05) is 44.2 Å². The van der Waals surface area contributed by atoms with Crippen LogP contribution in [0.15, 0.2) is 84.9 Å². The van der Waals surface area contributed by atoms with Crippen LogP contribution in [0.25, 0.3) is 10.9 Å². The van der Waals surface area contributed by atoms with Crippen molar-refractivity contribution in [1.29, 1.82) is 0 Å². The van der Waals surface area contributed by atoms with Crippen molar-refractivity contribution in [2.45, 2.75) is 24.9 Å². The Kier molecular flexibility index (Phi) is 7.08. The van der Waals surface area contributed by atoms with Crippen molar-refractivity contribution in [3.63, 3.8) is 0 Å². The minimum Gasteiger partial charge on any atom is -0.475 e. The molecule has 1 atom stereocenters. The van der Waals surface area contributed by atoms with Gasteiger partial charge in [0.15, 0.2) is 0 Å². The first-order valence-corrected chi connectivity index (χ1v) is 13.5. The van der Waals surface area contributed by atoms with Gasteiger partial charge in [-0.15, -0.1) is 0 Å². The summed E-state index contributed by atoms with van der Waals surface area (Å²) in [5, 5.41) is 11.7. The number of β-amino-alcohol motifs (C(OH)–C–C–N with tert-alkyl or cyclic N) is 1. The van der Waals surface area contributed by atoms with Gasteiger partial charge in [0.1, 0.15) is 12.7 Å². The number of para-hydroxylation sites is 1. The van der Waals surface area contributed by atoms with Gasteiger partial charge in [0.05, 0.1) is 11.4 Å². The van der Waals surface area contributed by atoms with Crippen molar-refractivity contribution in [3.05, 3.63) is 107 Å². The first kappa shape index (κ1) is 24.6. The molecule has 1 N–H and O–H groups in total. The summed E-state index contributed by atoms with van der Waals surface area (Å²) in [7, 11) is 0. The van der Waals surface area contributed by atoms with E-state index in [1.165, 1.54) is 11.1 Å². The zero-order chi connectivity index (χ0) is 25.9. The molecule has 0 bridgehead atoms. The summed E-state index contributed by atoms with van der Waals surface area (Å²) in [5.41, 5.74) is 5.69. The van der Waals surface area contributed by atoms with Crippen LogP contribution in [0.2, 0.25) is 0 Å². The highest BCUT2D eigenvalue weighted by Crippen LogP contribution is 2.35. The lowest BCUT2D eigenvalue weighted by atomic mass is 9.87. The summed E-state index contributed by atoms with van der Waals surface area (Å²) in [4.78, 5) is 22.7. The molecule has 1 amide bonds. The number of benzene rings is 3. The molecule has 1 aliphatic heterocycles. The van der Waals surface area contributed by atoms with E-state index in [1.54, 1.807) is 0 Å². The average Bonchev–Trinajstić information content (AvgIpc) is 3.13. The maximum atomic E-state index is 13.9. The van der Waals surface area contributed by atoms with Crippen LogP contribution in [0.3, 0.4) is 0 Å². The zero-order valence-corrected chi connectivity index (χ0v) is 21.5. The van der Waals surface area contributed by atoms with E-state index in [-0.39, 0.29) is 18.4 Å². The van der Waals surface area contributed by atoms with Gasteiger partial charge in [-0.05, 0) is 47.2 Å². The number of fused-ring (bicyclic) bond motifs is 3. The first-order chi connectivity index (χ1) is 18.7. The van der Waals surface area contributed by atoms with E-state index in [4.69, 9.17) is 4.74 Å². The van der Waals surface area contributed by atoms with Gasteiger partial charge in [-0.2, -0.15) is 0 Å². The van der Waals surface area contributed by atoms with E-state index in [0.717, 1.165) is 48.0 Å². The Morgan fingerprint density at radius 2 is 1.47 bits per heavy atom.